The van der Waals surface area contributed by atoms with Crippen LogP contribution in [0.5, 0.6) is 0 Å². The fourth-order valence-corrected chi connectivity index (χ4v) is 2.42. The van der Waals surface area contributed by atoms with Crippen LogP contribution < -0.4 is 10.8 Å². The number of anilines is 1. The molecule has 106 valence electrons. The summed E-state index contributed by atoms with van der Waals surface area (Å²) >= 11 is 6.04. The van der Waals surface area contributed by atoms with Gasteiger partial charge in [-0.3, -0.25) is 10.0 Å². The predicted molar refractivity (Wildman–Crippen MR) is 75.2 cm³/mol. The lowest BCUT2D eigenvalue weighted by Crippen LogP contribution is -2.35. The molecule has 6 nitrogen and oxygen atoms in total. The normalized spacial score (nSPS) is 16.1. The predicted octanol–water partition coefficient (Wildman–Crippen LogP) is 2.17. The zero-order valence-electron chi connectivity index (χ0n) is 10.9. The van der Waals surface area contributed by atoms with Crippen molar-refractivity contribution in [1.29, 1.82) is 0 Å². The van der Waals surface area contributed by atoms with Crippen LogP contribution in [0.25, 0.3) is 5.65 Å². The van der Waals surface area contributed by atoms with E-state index in [-0.39, 0.29) is 0 Å². The summed E-state index contributed by atoms with van der Waals surface area (Å²) in [7, 11) is 0. The minimum Gasteiger partial charge on any atom is -0.357 e. The Hall–Kier alpha value is -1.79. The maximum Gasteiger partial charge on any atom is 0.265 e. The highest BCUT2D eigenvalue weighted by molar-refractivity contribution is 6.30. The highest BCUT2D eigenvalue weighted by Crippen LogP contribution is 2.43. The first-order valence-electron chi connectivity index (χ1n) is 6.48. The molecular weight excluding hydrogens is 280 g/mol. The van der Waals surface area contributed by atoms with Gasteiger partial charge in [-0.25, -0.2) is 10.5 Å². The Kier molecular flexibility index (Phi) is 3.27. The molecule has 1 atom stereocenters. The van der Waals surface area contributed by atoms with Crippen molar-refractivity contribution >= 4 is 29.0 Å². The molecule has 3 rings (SSSR count). The molecule has 7 heteroatoms. The number of nitrogens with one attached hydrogen (secondary N) is 2. The van der Waals surface area contributed by atoms with Gasteiger partial charge in [0.15, 0.2) is 0 Å². The van der Waals surface area contributed by atoms with E-state index >= 15 is 0 Å². The highest BCUT2D eigenvalue weighted by atomic mass is 35.5. The van der Waals surface area contributed by atoms with Gasteiger partial charge in [0.05, 0.1) is 10.7 Å². The van der Waals surface area contributed by atoms with Crippen molar-refractivity contribution < 1.29 is 10.0 Å². The van der Waals surface area contributed by atoms with Crippen LogP contribution in [0.3, 0.4) is 0 Å². The van der Waals surface area contributed by atoms with Gasteiger partial charge in [0.1, 0.15) is 17.5 Å². The third-order valence-electron chi connectivity index (χ3n) is 3.44. The molecule has 1 aliphatic carbocycles. The molecule has 0 aliphatic heterocycles. The van der Waals surface area contributed by atoms with E-state index in [2.05, 4.69) is 10.3 Å². The third kappa shape index (κ3) is 2.32. The van der Waals surface area contributed by atoms with Crippen LogP contribution in [0, 0.1) is 0 Å². The number of rotatable bonds is 4. The molecule has 2 aromatic heterocycles. The number of hydrogen-bond donors (Lipinski definition) is 3. The molecule has 1 saturated carbocycles. The number of amides is 1. The van der Waals surface area contributed by atoms with Gasteiger partial charge in [0.2, 0.25) is 0 Å². The summed E-state index contributed by atoms with van der Waals surface area (Å²) in [5.41, 5.74) is 3.46. The summed E-state index contributed by atoms with van der Waals surface area (Å²) in [6.07, 6.45) is 4.05. The van der Waals surface area contributed by atoms with E-state index in [9.17, 15) is 4.79 Å². The maximum atomic E-state index is 11.4. The summed E-state index contributed by atoms with van der Waals surface area (Å²) in [5.74, 6) is 0.614. The van der Waals surface area contributed by atoms with E-state index < -0.39 is 11.9 Å². The lowest BCUT2D eigenvalue weighted by Gasteiger charge is -2.12. The molecular formula is C13H15ClN4O2. The quantitative estimate of drug-likeness (QED) is 0.596. The minimum absolute atomic E-state index is 0.440. The molecule has 0 bridgehead atoms. The van der Waals surface area contributed by atoms with Crippen LogP contribution in [0.15, 0.2) is 18.3 Å². The van der Waals surface area contributed by atoms with Gasteiger partial charge in [0.25, 0.3) is 5.91 Å². The second-order valence-corrected chi connectivity index (χ2v) is 5.47. The first kappa shape index (κ1) is 13.2. The van der Waals surface area contributed by atoms with Crippen LogP contribution in [0.4, 0.5) is 5.82 Å². The summed E-state index contributed by atoms with van der Waals surface area (Å²) in [6.45, 7) is 1.67. The Balaban J connectivity index is 2.01. The van der Waals surface area contributed by atoms with Crippen molar-refractivity contribution in [2.45, 2.75) is 31.7 Å². The highest BCUT2D eigenvalue weighted by Gasteiger charge is 2.31. The van der Waals surface area contributed by atoms with Gasteiger partial charge in [-0.2, -0.15) is 0 Å². The number of pyridine rings is 1. The number of halogens is 1. The summed E-state index contributed by atoms with van der Waals surface area (Å²) < 4.78 is 1.96. The van der Waals surface area contributed by atoms with E-state index in [1.165, 1.54) is 0 Å². The lowest BCUT2D eigenvalue weighted by atomic mass is 10.2. The zero-order valence-corrected chi connectivity index (χ0v) is 11.7. The van der Waals surface area contributed by atoms with Crippen LogP contribution in [0.1, 0.15) is 31.4 Å². The van der Waals surface area contributed by atoms with E-state index in [1.54, 1.807) is 18.5 Å². The van der Waals surface area contributed by atoms with Crippen LogP contribution in [-0.2, 0) is 4.79 Å². The molecule has 3 N–H and O–H groups in total. The Morgan fingerprint density at radius 3 is 2.95 bits per heavy atom. The average molecular weight is 295 g/mol. The van der Waals surface area contributed by atoms with Gasteiger partial charge < -0.3 is 9.72 Å². The number of carbonyl (C=O) groups is 1. The first-order valence-corrected chi connectivity index (χ1v) is 6.86. The number of nitrogens with zero attached hydrogens (tertiary/aromatic N) is 2. The fraction of sp³-hybridized carbons (Fsp3) is 0.385. The second-order valence-electron chi connectivity index (χ2n) is 5.04. The molecule has 0 spiro atoms. The van der Waals surface area contributed by atoms with E-state index in [1.807, 2.05) is 16.7 Å². The topological polar surface area (TPSA) is 78.7 Å². The van der Waals surface area contributed by atoms with E-state index in [0.717, 1.165) is 24.2 Å². The maximum absolute atomic E-state index is 11.4. The van der Waals surface area contributed by atoms with E-state index in [4.69, 9.17) is 16.8 Å². The van der Waals surface area contributed by atoms with Gasteiger partial charge in [-0.15, -0.1) is 0 Å². The molecule has 1 amide bonds. The average Bonchev–Trinajstić information content (AvgIpc) is 3.20. The fourth-order valence-electron chi connectivity index (χ4n) is 2.26. The number of hydrogen-bond acceptors (Lipinski definition) is 4. The number of fused-ring (bicyclic) bond motifs is 1. The van der Waals surface area contributed by atoms with Crippen molar-refractivity contribution in [3.63, 3.8) is 0 Å². The molecule has 1 aliphatic rings. The minimum atomic E-state index is -0.571. The number of imidazole rings is 1. The standard InChI is InChI=1S/C13H15ClN4O2/c1-7(13(19)17-20)15-12-11(8-2-3-8)18-6-9(14)4-5-10(18)16-12/h4-8,15,20H,2-3H2,1H3,(H,17,19). The molecule has 2 heterocycles. The van der Waals surface area contributed by atoms with Crippen molar-refractivity contribution in [3.8, 4) is 0 Å². The molecule has 2 aromatic rings. The first-order chi connectivity index (χ1) is 9.60. The second kappa shape index (κ2) is 4.96. The van der Waals surface area contributed by atoms with Crippen molar-refractivity contribution in [2.75, 3.05) is 5.32 Å². The summed E-state index contributed by atoms with van der Waals surface area (Å²) in [4.78, 5) is 15.9. The van der Waals surface area contributed by atoms with Gasteiger partial charge in [-0.05, 0) is 31.9 Å². The Morgan fingerprint density at radius 1 is 1.55 bits per heavy atom. The Bertz CT molecular complexity index is 666. The van der Waals surface area contributed by atoms with Crippen molar-refractivity contribution in [1.82, 2.24) is 14.9 Å². The molecule has 0 saturated heterocycles. The monoisotopic (exact) mass is 294 g/mol. The number of hydroxylamine groups is 1. The van der Waals surface area contributed by atoms with Crippen molar-refractivity contribution in [2.24, 2.45) is 0 Å². The number of carbonyl (C=O) groups excluding carboxylic acids is 1. The van der Waals surface area contributed by atoms with Crippen LogP contribution in [0.2, 0.25) is 5.02 Å². The van der Waals surface area contributed by atoms with Crippen LogP contribution in [-0.4, -0.2) is 26.5 Å². The van der Waals surface area contributed by atoms with Gasteiger partial charge in [-0.1, -0.05) is 11.6 Å². The molecule has 1 fully saturated rings. The molecule has 1 unspecified atom stereocenters. The van der Waals surface area contributed by atoms with Gasteiger partial charge >= 0.3 is 0 Å². The van der Waals surface area contributed by atoms with Gasteiger partial charge in [0, 0.05) is 12.1 Å². The Labute approximate surface area is 120 Å². The molecule has 20 heavy (non-hydrogen) atoms. The van der Waals surface area contributed by atoms with Crippen molar-refractivity contribution in [3.05, 3.63) is 29.0 Å². The van der Waals surface area contributed by atoms with E-state index in [0.29, 0.717) is 16.8 Å². The largest absolute Gasteiger partial charge is 0.357 e. The number of aromatic nitrogens is 2. The smallest absolute Gasteiger partial charge is 0.265 e. The third-order valence-corrected chi connectivity index (χ3v) is 3.66. The lowest BCUT2D eigenvalue weighted by molar-refractivity contribution is -0.129. The molecule has 0 aromatic carbocycles. The summed E-state index contributed by atoms with van der Waals surface area (Å²) in [6, 6.07) is 3.06. The SMILES string of the molecule is CC(Nc1nc2ccc(Cl)cn2c1C1CC1)C(=O)NO. The van der Waals surface area contributed by atoms with Crippen LogP contribution >= 0.6 is 11.6 Å². The zero-order chi connectivity index (χ0) is 14.3. The summed E-state index contributed by atoms with van der Waals surface area (Å²) in [5, 5.41) is 12.4. The molecule has 0 radical (unpaired) electrons. The Morgan fingerprint density at radius 2 is 2.30 bits per heavy atom.